The van der Waals surface area contributed by atoms with E-state index in [0.717, 1.165) is 19.3 Å². The Morgan fingerprint density at radius 3 is 2.67 bits per heavy atom. The Kier molecular flexibility index (Phi) is 5.44. The molecule has 6 heteroatoms. The highest BCUT2D eigenvalue weighted by molar-refractivity contribution is 6.33. The Bertz CT molecular complexity index is 521. The number of hydrogen-bond donors (Lipinski definition) is 3. The lowest BCUT2D eigenvalue weighted by Gasteiger charge is -2.29. The van der Waals surface area contributed by atoms with Crippen molar-refractivity contribution >= 4 is 29.2 Å². The highest BCUT2D eigenvalue weighted by atomic mass is 35.5. The third-order valence-electron chi connectivity index (χ3n) is 3.74. The van der Waals surface area contributed by atoms with Crippen LogP contribution in [0.15, 0.2) is 24.3 Å². The number of carbonyl (C=O) groups is 2. The van der Waals surface area contributed by atoms with E-state index in [0.29, 0.717) is 17.1 Å². The molecule has 0 unspecified atom stereocenters. The monoisotopic (exact) mass is 310 g/mol. The Labute approximate surface area is 128 Å². The number of anilines is 1. The number of halogens is 1. The second-order valence-electron chi connectivity index (χ2n) is 5.24. The van der Waals surface area contributed by atoms with Gasteiger partial charge in [0, 0.05) is 6.04 Å². The van der Waals surface area contributed by atoms with E-state index in [-0.39, 0.29) is 18.5 Å². The third kappa shape index (κ3) is 4.36. The average molecular weight is 311 g/mol. The lowest BCUT2D eigenvalue weighted by molar-refractivity contribution is -0.144. The minimum Gasteiger partial charge on any atom is -0.481 e. The minimum absolute atomic E-state index is 0.0760. The van der Waals surface area contributed by atoms with E-state index in [1.807, 2.05) is 12.1 Å². The number of para-hydroxylation sites is 1. The summed E-state index contributed by atoms with van der Waals surface area (Å²) in [7, 11) is 0. The van der Waals surface area contributed by atoms with Gasteiger partial charge in [0.1, 0.15) is 0 Å². The van der Waals surface area contributed by atoms with E-state index >= 15 is 0 Å². The molecule has 5 nitrogen and oxygen atoms in total. The number of aliphatic carboxylic acids is 1. The molecule has 1 aliphatic rings. The average Bonchev–Trinajstić information content (AvgIpc) is 2.47. The van der Waals surface area contributed by atoms with E-state index < -0.39 is 11.9 Å². The van der Waals surface area contributed by atoms with Gasteiger partial charge in [-0.05, 0) is 25.0 Å². The molecule has 114 valence electrons. The molecule has 3 N–H and O–H groups in total. The van der Waals surface area contributed by atoms with Crippen molar-refractivity contribution in [2.45, 2.75) is 31.7 Å². The first-order valence-electron chi connectivity index (χ1n) is 7.08. The minimum atomic E-state index is -0.834. The lowest BCUT2D eigenvalue weighted by atomic mass is 9.84. The first kappa shape index (κ1) is 15.6. The molecular weight excluding hydrogens is 292 g/mol. The molecule has 1 amide bonds. The second-order valence-corrected chi connectivity index (χ2v) is 5.64. The van der Waals surface area contributed by atoms with Crippen LogP contribution in [0.4, 0.5) is 5.69 Å². The molecule has 2 atom stereocenters. The third-order valence-corrected chi connectivity index (χ3v) is 4.07. The number of hydrogen-bond acceptors (Lipinski definition) is 3. The van der Waals surface area contributed by atoms with Gasteiger partial charge < -0.3 is 15.7 Å². The molecule has 1 aliphatic carbocycles. The normalized spacial score (nSPS) is 21.6. The fourth-order valence-corrected chi connectivity index (χ4v) is 2.84. The summed E-state index contributed by atoms with van der Waals surface area (Å²) in [5.74, 6) is -1.53. The van der Waals surface area contributed by atoms with Crippen molar-refractivity contribution in [3.63, 3.8) is 0 Å². The Hall–Kier alpha value is -1.75. The van der Waals surface area contributed by atoms with Crippen LogP contribution in [-0.2, 0) is 9.59 Å². The van der Waals surface area contributed by atoms with Gasteiger partial charge in [0.15, 0.2) is 0 Å². The van der Waals surface area contributed by atoms with E-state index in [1.165, 1.54) is 0 Å². The largest absolute Gasteiger partial charge is 0.481 e. The van der Waals surface area contributed by atoms with Crippen LogP contribution in [0, 0.1) is 5.92 Å². The Balaban J connectivity index is 1.86. The Morgan fingerprint density at radius 1 is 1.24 bits per heavy atom. The number of carbonyl (C=O) groups excluding carboxylic acids is 1. The van der Waals surface area contributed by atoms with Crippen molar-refractivity contribution in [2.24, 2.45) is 5.92 Å². The first-order chi connectivity index (χ1) is 10.1. The predicted octanol–water partition coefficient (Wildman–Crippen LogP) is 2.51. The molecule has 1 aromatic carbocycles. The van der Waals surface area contributed by atoms with Crippen molar-refractivity contribution in [3.8, 4) is 0 Å². The van der Waals surface area contributed by atoms with Crippen molar-refractivity contribution in [2.75, 3.05) is 11.9 Å². The summed E-state index contributed by atoms with van der Waals surface area (Å²) >= 11 is 5.99. The number of rotatable bonds is 5. The van der Waals surface area contributed by atoms with Gasteiger partial charge in [-0.1, -0.05) is 36.6 Å². The van der Waals surface area contributed by atoms with Crippen LogP contribution < -0.4 is 10.6 Å². The van der Waals surface area contributed by atoms with Gasteiger partial charge in [-0.15, -0.1) is 0 Å². The van der Waals surface area contributed by atoms with Gasteiger partial charge in [0.25, 0.3) is 0 Å². The number of carboxylic acid groups (broad SMARTS) is 1. The smallest absolute Gasteiger partial charge is 0.308 e. The molecule has 2 rings (SSSR count). The molecule has 0 saturated heterocycles. The highest BCUT2D eigenvalue weighted by Gasteiger charge is 2.31. The molecule has 0 aromatic heterocycles. The van der Waals surface area contributed by atoms with Crippen LogP contribution in [-0.4, -0.2) is 29.6 Å². The maximum Gasteiger partial charge on any atom is 0.308 e. The first-order valence-corrected chi connectivity index (χ1v) is 7.46. The summed E-state index contributed by atoms with van der Waals surface area (Å²) in [5.41, 5.74) is 0.688. The Morgan fingerprint density at radius 2 is 1.95 bits per heavy atom. The van der Waals surface area contributed by atoms with Crippen molar-refractivity contribution in [1.82, 2.24) is 5.32 Å². The SMILES string of the molecule is O=C(CNc1ccccc1Cl)N[C@H]1CCCC[C@H]1C(=O)O. The van der Waals surface area contributed by atoms with Crippen LogP contribution in [0.25, 0.3) is 0 Å². The molecule has 0 radical (unpaired) electrons. The van der Waals surface area contributed by atoms with Gasteiger partial charge in [-0.25, -0.2) is 0 Å². The highest BCUT2D eigenvalue weighted by Crippen LogP contribution is 2.24. The number of carboxylic acids is 1. The lowest BCUT2D eigenvalue weighted by Crippen LogP contribution is -2.46. The predicted molar refractivity (Wildman–Crippen MR) is 81.5 cm³/mol. The summed E-state index contributed by atoms with van der Waals surface area (Å²) < 4.78 is 0. The fourth-order valence-electron chi connectivity index (χ4n) is 2.64. The molecule has 1 aromatic rings. The van der Waals surface area contributed by atoms with Crippen LogP contribution in [0.1, 0.15) is 25.7 Å². The van der Waals surface area contributed by atoms with Gasteiger partial charge in [-0.2, -0.15) is 0 Å². The van der Waals surface area contributed by atoms with Gasteiger partial charge in [0.2, 0.25) is 5.91 Å². The zero-order valence-electron chi connectivity index (χ0n) is 11.6. The fraction of sp³-hybridized carbons (Fsp3) is 0.467. The standard InChI is InChI=1S/C15H19ClN2O3/c16-11-6-2-4-8-13(11)17-9-14(19)18-12-7-3-1-5-10(12)15(20)21/h2,4,6,8,10,12,17H,1,3,5,7,9H2,(H,18,19)(H,20,21)/t10-,12+/m1/s1. The zero-order valence-corrected chi connectivity index (χ0v) is 12.4. The molecular formula is C15H19ClN2O3. The van der Waals surface area contributed by atoms with E-state index in [2.05, 4.69) is 10.6 Å². The maximum atomic E-state index is 12.0. The molecule has 0 aliphatic heterocycles. The van der Waals surface area contributed by atoms with Crippen LogP contribution >= 0.6 is 11.6 Å². The second kappa shape index (κ2) is 7.31. The van der Waals surface area contributed by atoms with E-state index in [9.17, 15) is 14.7 Å². The number of amides is 1. The van der Waals surface area contributed by atoms with E-state index in [1.54, 1.807) is 12.1 Å². The van der Waals surface area contributed by atoms with Crippen molar-refractivity contribution in [1.29, 1.82) is 0 Å². The van der Waals surface area contributed by atoms with Crippen LogP contribution in [0.2, 0.25) is 5.02 Å². The van der Waals surface area contributed by atoms with Gasteiger partial charge >= 0.3 is 5.97 Å². The quantitative estimate of drug-likeness (QED) is 0.781. The summed E-state index contributed by atoms with van der Waals surface area (Å²) in [4.78, 5) is 23.1. The molecule has 0 heterocycles. The summed E-state index contributed by atoms with van der Waals surface area (Å²) in [5, 5.41) is 15.5. The number of benzene rings is 1. The summed E-state index contributed by atoms with van der Waals surface area (Å²) in [6.07, 6.45) is 3.20. The van der Waals surface area contributed by atoms with Crippen molar-refractivity contribution in [3.05, 3.63) is 29.3 Å². The van der Waals surface area contributed by atoms with Gasteiger partial charge in [-0.3, -0.25) is 9.59 Å². The van der Waals surface area contributed by atoms with E-state index in [4.69, 9.17) is 11.6 Å². The molecule has 1 fully saturated rings. The van der Waals surface area contributed by atoms with Crippen LogP contribution in [0.3, 0.4) is 0 Å². The summed E-state index contributed by atoms with van der Waals surface area (Å²) in [6, 6.07) is 6.89. The molecule has 1 saturated carbocycles. The molecule has 0 spiro atoms. The van der Waals surface area contributed by atoms with Crippen LogP contribution in [0.5, 0.6) is 0 Å². The van der Waals surface area contributed by atoms with Gasteiger partial charge in [0.05, 0.1) is 23.2 Å². The molecule has 21 heavy (non-hydrogen) atoms. The maximum absolute atomic E-state index is 12.0. The zero-order chi connectivity index (χ0) is 15.2. The van der Waals surface area contributed by atoms with Crippen molar-refractivity contribution < 1.29 is 14.7 Å². The summed E-state index contributed by atoms with van der Waals surface area (Å²) in [6.45, 7) is 0.0760. The number of nitrogens with one attached hydrogen (secondary N) is 2. The topological polar surface area (TPSA) is 78.4 Å². The molecule has 0 bridgehead atoms.